The Labute approximate surface area is 374 Å². The topological polar surface area (TPSA) is 371 Å². The zero-order valence-electron chi connectivity index (χ0n) is 38.2. The van der Waals surface area contributed by atoms with Crippen LogP contribution in [0.3, 0.4) is 0 Å². The highest BCUT2D eigenvalue weighted by Gasteiger charge is 2.38. The number of nitrogens with one attached hydrogen (secondary N) is 7. The summed E-state index contributed by atoms with van der Waals surface area (Å²) in [5.41, 5.74) is 11.6. The maximum absolute atomic E-state index is 13.7. The molecule has 14 N–H and O–H groups in total. The molecular weight excluding hydrogens is 841 g/mol. The molecule has 0 radical (unpaired) electrons. The molecule has 0 spiro atoms. The summed E-state index contributed by atoms with van der Waals surface area (Å²) in [5, 5.41) is 46.4. The highest BCUT2D eigenvalue weighted by molar-refractivity contribution is 5.98. The summed E-state index contributed by atoms with van der Waals surface area (Å²) in [4.78, 5) is 131. The fourth-order valence-corrected chi connectivity index (χ4v) is 6.77. The maximum Gasteiger partial charge on any atom is 0.325 e. The number of rotatable bonds is 28. The minimum atomic E-state index is -1.84. The highest BCUT2D eigenvalue weighted by Crippen LogP contribution is 2.18. The van der Waals surface area contributed by atoms with Crippen LogP contribution in [0.1, 0.15) is 107 Å². The van der Waals surface area contributed by atoms with Crippen molar-refractivity contribution in [3.8, 4) is 0 Å². The van der Waals surface area contributed by atoms with Crippen molar-refractivity contribution in [2.45, 2.75) is 161 Å². The lowest BCUT2D eigenvalue weighted by Gasteiger charge is -2.29. The van der Waals surface area contributed by atoms with Gasteiger partial charge in [-0.1, -0.05) is 48.0 Å². The molecular formula is C41H72N10O13. The van der Waals surface area contributed by atoms with Crippen LogP contribution >= 0.6 is 0 Å². The summed E-state index contributed by atoms with van der Waals surface area (Å²) in [6.07, 6.45) is -0.0375. The molecule has 1 fully saturated rings. The molecule has 0 aromatic heterocycles. The normalized spacial score (nSPS) is 17.5. The molecule has 1 rings (SSSR count). The van der Waals surface area contributed by atoms with Crippen molar-refractivity contribution in [2.75, 3.05) is 19.6 Å². The number of aliphatic carboxylic acids is 2. The van der Waals surface area contributed by atoms with Gasteiger partial charge in [0.15, 0.2) is 0 Å². The van der Waals surface area contributed by atoms with Gasteiger partial charge in [-0.05, 0) is 76.7 Å². The lowest BCUT2D eigenvalue weighted by Crippen LogP contribution is -2.62. The van der Waals surface area contributed by atoms with E-state index in [0.717, 1.165) is 6.92 Å². The Bertz CT molecular complexity index is 1640. The lowest BCUT2D eigenvalue weighted by atomic mass is 9.99. The summed E-state index contributed by atoms with van der Waals surface area (Å²) < 4.78 is 0. The molecule has 8 amide bonds. The zero-order chi connectivity index (χ0) is 49.0. The Hall–Kier alpha value is -5.42. The SMILES string of the molecule is CC(C)C[C@H](NC(=O)[C@H](CC(C)C)NC(=O)[C@@H](N)CCCCN)C(=O)N[C@H](C(=O)N[C@@H](CC(=O)O)C(=O)N[C@H](C(=O)NCC(=O)N1CCC[C@H]1C(=O)N[C@@H](C)C(=O)O)C(C)C)[C@@H](C)O. The van der Waals surface area contributed by atoms with Crippen LogP contribution in [-0.4, -0.2) is 153 Å². The monoisotopic (exact) mass is 913 g/mol. The third-order valence-electron chi connectivity index (χ3n) is 10.3. The van der Waals surface area contributed by atoms with Crippen molar-refractivity contribution in [3.63, 3.8) is 0 Å². The predicted octanol–water partition coefficient (Wildman–Crippen LogP) is -2.83. The minimum absolute atomic E-state index is 0.0565. The number of carboxylic acid groups (broad SMARTS) is 2. The van der Waals surface area contributed by atoms with Crippen LogP contribution in [0.4, 0.5) is 0 Å². The quantitative estimate of drug-likeness (QED) is 0.0352. The molecule has 64 heavy (non-hydrogen) atoms. The number of nitrogens with zero attached hydrogens (tertiary/aromatic N) is 1. The Balaban J connectivity index is 3.16. The number of likely N-dealkylation sites (tertiary alicyclic amines) is 1. The second-order valence-electron chi connectivity index (χ2n) is 17.4. The van der Waals surface area contributed by atoms with Crippen molar-refractivity contribution in [3.05, 3.63) is 0 Å². The summed E-state index contributed by atoms with van der Waals surface area (Å²) in [6.45, 7) is 12.7. The van der Waals surface area contributed by atoms with Gasteiger partial charge in [0, 0.05) is 6.54 Å². The summed E-state index contributed by atoms with van der Waals surface area (Å²) >= 11 is 0. The van der Waals surface area contributed by atoms with Crippen LogP contribution in [0.25, 0.3) is 0 Å². The van der Waals surface area contributed by atoms with Crippen molar-refractivity contribution in [1.29, 1.82) is 0 Å². The number of aliphatic hydroxyl groups is 1. The van der Waals surface area contributed by atoms with E-state index in [1.54, 1.807) is 27.7 Å². The maximum atomic E-state index is 13.7. The number of carboxylic acids is 2. The molecule has 23 nitrogen and oxygen atoms in total. The first kappa shape index (κ1) is 56.6. The van der Waals surface area contributed by atoms with Gasteiger partial charge >= 0.3 is 11.9 Å². The van der Waals surface area contributed by atoms with Gasteiger partial charge < -0.3 is 68.9 Å². The average molecular weight is 913 g/mol. The van der Waals surface area contributed by atoms with E-state index in [-0.39, 0.29) is 37.6 Å². The standard InChI is InChI=1S/C41H72N10O13/c1-20(2)16-26(46-34(56)25(43)12-9-10-14-42)35(57)47-27(17-21(3)4)36(58)50-33(24(8)52)40(62)48-28(18-31(54)55)37(59)49-32(22(5)6)39(61)44-19-30(53)51-15-11-13-29(51)38(60)45-23(7)41(63)64/h20-29,32-33,52H,9-19,42-43H2,1-8H3,(H,44,61)(H,45,60)(H,46,56)(H,47,57)(H,48,62)(H,49,59)(H,50,58)(H,54,55)(H,63,64)/t23-,24+,25-,26-,27-,28-,29-,32-,33-/m0/s1. The number of hydrogen-bond acceptors (Lipinski definition) is 13. The van der Waals surface area contributed by atoms with E-state index < -0.39 is 133 Å². The Morgan fingerprint density at radius 1 is 0.656 bits per heavy atom. The molecule has 1 aliphatic heterocycles. The summed E-state index contributed by atoms with van der Waals surface area (Å²) in [5.74, 6) is -10.3. The Morgan fingerprint density at radius 2 is 1.17 bits per heavy atom. The average Bonchev–Trinajstić information content (AvgIpc) is 3.69. The van der Waals surface area contributed by atoms with Gasteiger partial charge in [0.05, 0.1) is 25.1 Å². The van der Waals surface area contributed by atoms with Crippen LogP contribution < -0.4 is 48.7 Å². The molecule has 0 unspecified atom stereocenters. The van der Waals surface area contributed by atoms with Crippen LogP contribution in [0.5, 0.6) is 0 Å². The van der Waals surface area contributed by atoms with Crippen LogP contribution in [0, 0.1) is 17.8 Å². The summed E-state index contributed by atoms with van der Waals surface area (Å²) in [6, 6.07) is -10.4. The van der Waals surface area contributed by atoms with Gasteiger partial charge in [-0.25, -0.2) is 0 Å². The van der Waals surface area contributed by atoms with E-state index in [2.05, 4.69) is 37.2 Å². The van der Waals surface area contributed by atoms with E-state index in [0.29, 0.717) is 32.2 Å². The predicted molar refractivity (Wildman–Crippen MR) is 231 cm³/mol. The first-order chi connectivity index (χ1) is 29.8. The molecule has 0 aromatic rings. The first-order valence-electron chi connectivity index (χ1n) is 21.8. The van der Waals surface area contributed by atoms with E-state index >= 15 is 0 Å². The molecule has 1 aliphatic rings. The fourth-order valence-electron chi connectivity index (χ4n) is 6.77. The third-order valence-corrected chi connectivity index (χ3v) is 10.3. The van der Waals surface area contributed by atoms with Crippen LogP contribution in [-0.2, 0) is 47.9 Å². The molecule has 9 atom stereocenters. The number of nitrogens with two attached hydrogens (primary N) is 2. The van der Waals surface area contributed by atoms with Gasteiger partial charge in [-0.2, -0.15) is 0 Å². The van der Waals surface area contributed by atoms with Gasteiger partial charge in [0.25, 0.3) is 0 Å². The van der Waals surface area contributed by atoms with E-state index in [1.165, 1.54) is 11.8 Å². The molecule has 0 saturated carbocycles. The van der Waals surface area contributed by atoms with E-state index in [9.17, 15) is 58.2 Å². The Morgan fingerprint density at radius 3 is 1.67 bits per heavy atom. The minimum Gasteiger partial charge on any atom is -0.481 e. The molecule has 23 heteroatoms. The van der Waals surface area contributed by atoms with Gasteiger partial charge in [0.2, 0.25) is 47.3 Å². The van der Waals surface area contributed by atoms with E-state index in [4.69, 9.17) is 16.6 Å². The number of carbonyl (C=O) groups excluding carboxylic acids is 8. The van der Waals surface area contributed by atoms with E-state index in [1.807, 2.05) is 13.8 Å². The smallest absolute Gasteiger partial charge is 0.325 e. The number of unbranched alkanes of at least 4 members (excludes halogenated alkanes) is 1. The van der Waals surface area contributed by atoms with Crippen molar-refractivity contribution >= 4 is 59.2 Å². The number of carbonyl (C=O) groups is 10. The zero-order valence-corrected chi connectivity index (χ0v) is 38.2. The fraction of sp³-hybridized carbons (Fsp3) is 0.756. The number of hydrogen-bond donors (Lipinski definition) is 12. The second-order valence-corrected chi connectivity index (χ2v) is 17.4. The lowest BCUT2D eigenvalue weighted by molar-refractivity contribution is -0.144. The molecule has 1 saturated heterocycles. The molecule has 0 aliphatic carbocycles. The van der Waals surface area contributed by atoms with Crippen LogP contribution in [0.15, 0.2) is 0 Å². The first-order valence-corrected chi connectivity index (χ1v) is 21.8. The number of aliphatic hydroxyl groups excluding tert-OH is 1. The van der Waals surface area contributed by atoms with Gasteiger partial charge in [0.1, 0.15) is 42.3 Å². The van der Waals surface area contributed by atoms with Crippen molar-refractivity contribution in [2.24, 2.45) is 29.2 Å². The molecule has 0 bridgehead atoms. The molecule has 1 heterocycles. The second kappa shape index (κ2) is 27.7. The van der Waals surface area contributed by atoms with Crippen molar-refractivity contribution < 1.29 is 63.3 Å². The summed E-state index contributed by atoms with van der Waals surface area (Å²) in [7, 11) is 0. The number of amides is 8. The van der Waals surface area contributed by atoms with Gasteiger partial charge in [-0.15, -0.1) is 0 Å². The highest BCUT2D eigenvalue weighted by atomic mass is 16.4. The Kier molecular flexibility index (Phi) is 24.5. The largest absolute Gasteiger partial charge is 0.481 e. The molecule has 0 aromatic carbocycles. The van der Waals surface area contributed by atoms with Crippen molar-refractivity contribution in [1.82, 2.24) is 42.1 Å². The van der Waals surface area contributed by atoms with Gasteiger partial charge in [-0.3, -0.25) is 47.9 Å². The van der Waals surface area contributed by atoms with Crippen LogP contribution in [0.2, 0.25) is 0 Å². The molecule has 364 valence electrons. The third kappa shape index (κ3) is 19.5.